The maximum atomic E-state index is 12.5. The van der Waals surface area contributed by atoms with Gasteiger partial charge in [-0.1, -0.05) is 24.3 Å². The number of rotatable bonds is 5. The number of para-hydroxylation sites is 1. The first-order valence-corrected chi connectivity index (χ1v) is 8.59. The molecule has 7 nitrogen and oxygen atoms in total. The summed E-state index contributed by atoms with van der Waals surface area (Å²) < 4.78 is 21.4. The van der Waals surface area contributed by atoms with Gasteiger partial charge in [0, 0.05) is 6.92 Å². The van der Waals surface area contributed by atoms with Crippen molar-refractivity contribution in [1.29, 1.82) is 0 Å². The number of fused-ring (bicyclic) bond motifs is 1. The molecule has 0 saturated carbocycles. The van der Waals surface area contributed by atoms with Gasteiger partial charge in [0.1, 0.15) is 0 Å². The molecule has 0 aliphatic heterocycles. The monoisotopic (exact) mass is 382 g/mol. The highest BCUT2D eigenvalue weighted by molar-refractivity contribution is 5.95. The number of carbonyl (C=O) groups is 2. The molecular formula is C21H18O7. The Morgan fingerprint density at radius 2 is 1.64 bits per heavy atom. The average Bonchev–Trinajstić information content (AvgIpc) is 2.65. The van der Waals surface area contributed by atoms with Crippen LogP contribution in [0.2, 0.25) is 0 Å². The van der Waals surface area contributed by atoms with Crippen molar-refractivity contribution < 1.29 is 28.2 Å². The summed E-state index contributed by atoms with van der Waals surface area (Å²) in [5.41, 5.74) is -0.641. The smallest absolute Gasteiger partial charge is 0.383 e. The maximum absolute atomic E-state index is 12.5. The van der Waals surface area contributed by atoms with Crippen molar-refractivity contribution in [3.63, 3.8) is 0 Å². The third-order valence-corrected chi connectivity index (χ3v) is 3.62. The van der Waals surface area contributed by atoms with Gasteiger partial charge < -0.3 is 18.6 Å². The zero-order valence-corrected chi connectivity index (χ0v) is 15.6. The molecule has 7 heteroatoms. The lowest BCUT2D eigenvalue weighted by Crippen LogP contribution is -2.17. The molecule has 0 N–H and O–H groups in total. The fourth-order valence-electron chi connectivity index (χ4n) is 2.56. The molecule has 0 aliphatic rings. The van der Waals surface area contributed by atoms with E-state index in [1.807, 2.05) is 13.8 Å². The molecule has 0 atom stereocenters. The van der Waals surface area contributed by atoms with Gasteiger partial charge in [0.15, 0.2) is 17.1 Å². The summed E-state index contributed by atoms with van der Waals surface area (Å²) in [4.78, 5) is 36.5. The number of hydrogen-bond acceptors (Lipinski definition) is 7. The van der Waals surface area contributed by atoms with Crippen molar-refractivity contribution in [2.75, 3.05) is 0 Å². The molecule has 0 unspecified atom stereocenters. The molecule has 0 amide bonds. The van der Waals surface area contributed by atoms with Gasteiger partial charge >= 0.3 is 17.6 Å². The summed E-state index contributed by atoms with van der Waals surface area (Å²) in [6.45, 7) is 4.82. The fourth-order valence-corrected chi connectivity index (χ4v) is 2.56. The van der Waals surface area contributed by atoms with Crippen LogP contribution < -0.4 is 19.8 Å². The summed E-state index contributed by atoms with van der Waals surface area (Å²) in [6, 6.07) is 13.0. The lowest BCUT2D eigenvalue weighted by molar-refractivity contribution is -0.131. The normalized spacial score (nSPS) is 10.7. The van der Waals surface area contributed by atoms with Gasteiger partial charge in [0.05, 0.1) is 17.1 Å². The third-order valence-electron chi connectivity index (χ3n) is 3.62. The Hall–Kier alpha value is -3.61. The lowest BCUT2D eigenvalue weighted by atomic mass is 10.2. The second-order valence-corrected chi connectivity index (χ2v) is 6.20. The van der Waals surface area contributed by atoms with E-state index in [1.165, 1.54) is 19.1 Å². The van der Waals surface area contributed by atoms with Crippen LogP contribution in [0.25, 0.3) is 11.0 Å². The van der Waals surface area contributed by atoms with Crippen molar-refractivity contribution in [3.8, 4) is 17.2 Å². The molecule has 0 spiro atoms. The molecule has 0 fully saturated rings. The van der Waals surface area contributed by atoms with Crippen molar-refractivity contribution in [3.05, 3.63) is 64.5 Å². The van der Waals surface area contributed by atoms with Crippen LogP contribution in [0.1, 0.15) is 31.1 Å². The zero-order chi connectivity index (χ0) is 20.3. The predicted octanol–water partition coefficient (Wildman–Crippen LogP) is 3.72. The van der Waals surface area contributed by atoms with E-state index in [0.717, 1.165) is 0 Å². The quantitative estimate of drug-likeness (QED) is 0.490. The lowest BCUT2D eigenvalue weighted by Gasteiger charge is -2.14. The van der Waals surface area contributed by atoms with E-state index < -0.39 is 23.3 Å². The molecule has 144 valence electrons. The highest BCUT2D eigenvalue weighted by Crippen LogP contribution is 2.37. The summed E-state index contributed by atoms with van der Waals surface area (Å²) >= 11 is 0. The van der Waals surface area contributed by atoms with Gasteiger partial charge in [0.25, 0.3) is 5.75 Å². The minimum atomic E-state index is -0.965. The summed E-state index contributed by atoms with van der Waals surface area (Å²) in [5.74, 6) is -1.86. The van der Waals surface area contributed by atoms with E-state index in [0.29, 0.717) is 5.75 Å². The molecule has 3 rings (SSSR count). The minimum absolute atomic E-state index is 0.0944. The Kier molecular flexibility index (Phi) is 5.44. The largest absolute Gasteiger partial charge is 0.487 e. The summed E-state index contributed by atoms with van der Waals surface area (Å²) in [5, 5.41) is 0.267. The Morgan fingerprint density at radius 1 is 0.929 bits per heavy atom. The second-order valence-electron chi connectivity index (χ2n) is 6.20. The van der Waals surface area contributed by atoms with Crippen LogP contribution in [-0.2, 0) is 4.79 Å². The molecule has 3 aromatic rings. The fraction of sp³-hybridized carbons (Fsp3) is 0.190. The summed E-state index contributed by atoms with van der Waals surface area (Å²) in [6.07, 6.45) is -0.177. The Morgan fingerprint density at radius 3 is 2.29 bits per heavy atom. The van der Waals surface area contributed by atoms with Crippen molar-refractivity contribution in [2.24, 2.45) is 0 Å². The first-order chi connectivity index (χ1) is 13.4. The Balaban J connectivity index is 2.16. The topological polar surface area (TPSA) is 92.0 Å². The molecule has 28 heavy (non-hydrogen) atoms. The minimum Gasteiger partial charge on any atom is -0.487 e. The van der Waals surface area contributed by atoms with Gasteiger partial charge in [0.2, 0.25) is 0 Å². The maximum Gasteiger partial charge on any atom is 0.383 e. The van der Waals surface area contributed by atoms with Gasteiger partial charge in [-0.3, -0.25) is 4.79 Å². The standard InChI is InChI=1S/C21H18O7/c1-12(2)25-16-11-7-10-15-17(16)27-21(24)19(18(15)26-13(3)22)28-20(23)14-8-5-4-6-9-14/h4-12H,1-3H3. The van der Waals surface area contributed by atoms with Crippen LogP contribution >= 0.6 is 0 Å². The van der Waals surface area contributed by atoms with Gasteiger partial charge in [-0.05, 0) is 38.1 Å². The van der Waals surface area contributed by atoms with Gasteiger partial charge in [-0.25, -0.2) is 9.59 Å². The summed E-state index contributed by atoms with van der Waals surface area (Å²) in [7, 11) is 0. The van der Waals surface area contributed by atoms with E-state index in [2.05, 4.69) is 0 Å². The molecule has 0 radical (unpaired) electrons. The zero-order valence-electron chi connectivity index (χ0n) is 15.6. The van der Waals surface area contributed by atoms with E-state index in [4.69, 9.17) is 18.6 Å². The Bertz CT molecular complexity index is 1080. The predicted molar refractivity (Wildman–Crippen MR) is 101 cm³/mol. The van der Waals surface area contributed by atoms with Crippen LogP contribution in [0, 0.1) is 0 Å². The van der Waals surface area contributed by atoms with Crippen LogP contribution in [0.15, 0.2) is 57.7 Å². The molecule has 0 bridgehead atoms. The molecule has 1 aromatic heterocycles. The molecule has 1 heterocycles. The molecule has 0 aliphatic carbocycles. The SMILES string of the molecule is CC(=O)Oc1c(OC(=O)c2ccccc2)c(=O)oc2c(OC(C)C)cccc12. The van der Waals surface area contributed by atoms with Gasteiger partial charge in [-0.15, -0.1) is 0 Å². The second kappa shape index (κ2) is 7.96. The number of ether oxygens (including phenoxy) is 3. The van der Waals surface area contributed by atoms with Crippen LogP contribution in [-0.4, -0.2) is 18.0 Å². The van der Waals surface area contributed by atoms with E-state index in [9.17, 15) is 14.4 Å². The van der Waals surface area contributed by atoms with Crippen LogP contribution in [0.4, 0.5) is 0 Å². The molecular weight excluding hydrogens is 364 g/mol. The number of benzene rings is 2. The highest BCUT2D eigenvalue weighted by atomic mass is 16.6. The molecule has 2 aromatic carbocycles. The first kappa shape index (κ1) is 19.2. The van der Waals surface area contributed by atoms with Crippen LogP contribution in [0.3, 0.4) is 0 Å². The van der Waals surface area contributed by atoms with E-state index in [-0.39, 0.29) is 28.4 Å². The first-order valence-electron chi connectivity index (χ1n) is 8.59. The van der Waals surface area contributed by atoms with Gasteiger partial charge in [-0.2, -0.15) is 0 Å². The highest BCUT2D eigenvalue weighted by Gasteiger charge is 2.24. The Labute approximate surface area is 160 Å². The van der Waals surface area contributed by atoms with Crippen LogP contribution in [0.5, 0.6) is 17.2 Å². The third kappa shape index (κ3) is 4.03. The van der Waals surface area contributed by atoms with Crippen molar-refractivity contribution >= 4 is 22.9 Å². The number of esters is 2. The van der Waals surface area contributed by atoms with Crippen molar-refractivity contribution in [1.82, 2.24) is 0 Å². The number of carbonyl (C=O) groups excluding carboxylic acids is 2. The van der Waals surface area contributed by atoms with Crippen molar-refractivity contribution in [2.45, 2.75) is 26.9 Å². The average molecular weight is 382 g/mol. The number of hydrogen-bond donors (Lipinski definition) is 0. The van der Waals surface area contributed by atoms with E-state index >= 15 is 0 Å². The van der Waals surface area contributed by atoms with E-state index in [1.54, 1.807) is 36.4 Å². The molecule has 0 saturated heterocycles.